The molecule has 0 unspecified atom stereocenters. The van der Waals surface area contributed by atoms with Crippen molar-refractivity contribution in [1.82, 2.24) is 10.0 Å². The highest BCUT2D eigenvalue weighted by molar-refractivity contribution is 7.89. The lowest BCUT2D eigenvalue weighted by atomic mass is 9.58. The van der Waals surface area contributed by atoms with Gasteiger partial charge in [-0.3, -0.25) is 14.4 Å². The minimum absolute atomic E-state index is 0.0288. The van der Waals surface area contributed by atoms with Crippen LogP contribution >= 0.6 is 23.2 Å². The number of aryl methyl sites for hydroxylation is 1. The number of imide groups is 1. The lowest BCUT2D eigenvalue weighted by molar-refractivity contribution is -0.136. The maximum atomic E-state index is 15.4. The Morgan fingerprint density at radius 3 is 2.25 bits per heavy atom. The number of hydrogen-bond donors (Lipinski definition) is 2. The number of nitrogens with zero attached hydrogens (tertiary/aromatic N) is 1. The molecule has 2 aliphatic heterocycles. The van der Waals surface area contributed by atoms with Gasteiger partial charge in [0.2, 0.25) is 21.8 Å². The van der Waals surface area contributed by atoms with Crippen molar-refractivity contribution in [3.05, 3.63) is 92.7 Å². The molecule has 278 valence electrons. The summed E-state index contributed by atoms with van der Waals surface area (Å²) >= 11 is 13.1. The number of anilines is 1. The highest BCUT2D eigenvalue weighted by Gasteiger charge is 2.65. The molecular weight excluding hydrogens is 736 g/mol. The molecule has 0 aliphatic carbocycles. The lowest BCUT2D eigenvalue weighted by Gasteiger charge is -2.47. The van der Waals surface area contributed by atoms with Gasteiger partial charge in [-0.1, -0.05) is 49.2 Å². The molecule has 1 spiro atoms. The van der Waals surface area contributed by atoms with Crippen molar-refractivity contribution in [3.8, 4) is 5.75 Å². The number of rotatable bonds is 8. The van der Waals surface area contributed by atoms with Crippen LogP contribution in [0.25, 0.3) is 0 Å². The Kier molecular flexibility index (Phi) is 10.5. The van der Waals surface area contributed by atoms with Gasteiger partial charge in [0, 0.05) is 27.9 Å². The zero-order chi connectivity index (χ0) is 38.6. The summed E-state index contributed by atoms with van der Waals surface area (Å²) < 4.78 is 53.6. The predicted molar refractivity (Wildman–Crippen MR) is 195 cm³/mol. The minimum atomic E-state index is -3.99. The van der Waals surface area contributed by atoms with E-state index in [2.05, 4.69) is 5.32 Å². The first kappa shape index (κ1) is 39.0. The normalized spacial score (nSPS) is 20.4. The van der Waals surface area contributed by atoms with Crippen LogP contribution in [0.2, 0.25) is 10.0 Å². The molecule has 5 rings (SSSR count). The van der Waals surface area contributed by atoms with Crippen molar-refractivity contribution in [2.75, 3.05) is 11.2 Å². The Morgan fingerprint density at radius 2 is 1.63 bits per heavy atom. The van der Waals surface area contributed by atoms with E-state index in [1.807, 2.05) is 4.72 Å². The van der Waals surface area contributed by atoms with Crippen LogP contribution in [0.3, 0.4) is 0 Å². The molecule has 1 saturated heterocycles. The van der Waals surface area contributed by atoms with Crippen LogP contribution in [0.15, 0.2) is 54.6 Å². The summed E-state index contributed by atoms with van der Waals surface area (Å²) in [7, 11) is -3.99. The Hall–Kier alpha value is -4.20. The third kappa shape index (κ3) is 7.10. The molecule has 11 nitrogen and oxygen atoms in total. The number of sulfonamides is 1. The summed E-state index contributed by atoms with van der Waals surface area (Å²) in [5, 5.41) is 3.32. The van der Waals surface area contributed by atoms with Crippen LogP contribution in [0.5, 0.6) is 5.75 Å². The third-order valence-corrected chi connectivity index (χ3v) is 10.5. The summed E-state index contributed by atoms with van der Waals surface area (Å²) in [4.78, 5) is 57.7. The number of amides is 4. The van der Waals surface area contributed by atoms with Crippen molar-refractivity contribution in [2.45, 2.75) is 89.4 Å². The average molecular weight is 777 g/mol. The largest absolute Gasteiger partial charge is 0.477 e. The van der Waals surface area contributed by atoms with Gasteiger partial charge < -0.3 is 14.8 Å². The number of piperidine rings is 1. The van der Waals surface area contributed by atoms with E-state index >= 15 is 9.18 Å². The van der Waals surface area contributed by atoms with Crippen LogP contribution in [-0.4, -0.2) is 49.7 Å². The Balaban J connectivity index is 1.85. The van der Waals surface area contributed by atoms with Gasteiger partial charge in [0.05, 0.1) is 18.0 Å². The fraction of sp³-hybridized carbons (Fsp3) is 0.405. The fourth-order valence-electron chi connectivity index (χ4n) is 7.15. The molecule has 2 aliphatic rings. The highest BCUT2D eigenvalue weighted by Crippen LogP contribution is 2.61. The second kappa shape index (κ2) is 14.0. The topological polar surface area (TPSA) is 148 Å². The maximum Gasteiger partial charge on any atom is 0.421 e. The second-order valence-electron chi connectivity index (χ2n) is 14.1. The average Bonchev–Trinajstić information content (AvgIpc) is 3.28. The molecule has 0 radical (unpaired) electrons. The Morgan fingerprint density at radius 1 is 1.00 bits per heavy atom. The van der Waals surface area contributed by atoms with Crippen LogP contribution in [-0.2, 0) is 34.6 Å². The van der Waals surface area contributed by atoms with Gasteiger partial charge in [-0.25, -0.2) is 27.2 Å². The van der Waals surface area contributed by atoms with E-state index in [1.165, 1.54) is 42.5 Å². The van der Waals surface area contributed by atoms with Crippen LogP contribution in [0.4, 0.5) is 14.9 Å². The van der Waals surface area contributed by atoms with E-state index in [-0.39, 0.29) is 57.4 Å². The smallest absolute Gasteiger partial charge is 0.421 e. The van der Waals surface area contributed by atoms with Gasteiger partial charge in [-0.15, -0.1) is 0 Å². The fourth-order valence-corrected chi connectivity index (χ4v) is 8.02. The Bertz CT molecular complexity index is 2080. The molecular formula is C37H40Cl2FN3O8S. The van der Waals surface area contributed by atoms with E-state index in [9.17, 15) is 22.8 Å². The SMILES string of the molecule is CCC(CC)(Oc1ccc(Cl)cc1[C@H]1CC(=O)N[C@@H](c2cc(F)ccc2C)[C@]12C(=O)N(C(=O)OC(C)(C)C)c1cc(Cl)ccc12)C(=O)NS(C)(=O)=O. The number of nitrogens with one attached hydrogen (secondary N) is 2. The number of carbonyl (C=O) groups is 4. The molecule has 3 aromatic rings. The van der Waals surface area contributed by atoms with Gasteiger partial charge >= 0.3 is 6.09 Å². The number of hydrogen-bond acceptors (Lipinski definition) is 8. The summed E-state index contributed by atoms with van der Waals surface area (Å²) in [6, 6.07) is 11.8. The van der Waals surface area contributed by atoms with Crippen LogP contribution in [0, 0.1) is 12.7 Å². The van der Waals surface area contributed by atoms with Crippen molar-refractivity contribution in [2.24, 2.45) is 0 Å². The van der Waals surface area contributed by atoms with Gasteiger partial charge in [-0.05, 0) is 99.7 Å². The highest BCUT2D eigenvalue weighted by atomic mass is 35.5. The van der Waals surface area contributed by atoms with Crippen molar-refractivity contribution in [3.63, 3.8) is 0 Å². The quantitative estimate of drug-likeness (QED) is 0.248. The molecule has 0 saturated carbocycles. The number of ether oxygens (including phenoxy) is 2. The second-order valence-corrected chi connectivity index (χ2v) is 16.7. The zero-order valence-electron chi connectivity index (χ0n) is 29.7. The first-order valence-corrected chi connectivity index (χ1v) is 19.3. The van der Waals surface area contributed by atoms with E-state index in [0.29, 0.717) is 5.56 Å². The van der Waals surface area contributed by atoms with Crippen molar-refractivity contribution < 1.29 is 41.5 Å². The van der Waals surface area contributed by atoms with Gasteiger partial charge in [0.25, 0.3) is 5.91 Å². The van der Waals surface area contributed by atoms with E-state index in [1.54, 1.807) is 53.7 Å². The number of benzene rings is 3. The standard InChI is InChI=1S/C37H40Cl2FN3O8S/c1-8-36(9-2,32(45)42-52(7,48)49)50-29-15-12-21(38)16-25(29)27-19-30(44)41-31(24-18-23(40)13-10-20(24)3)37(27)26-14-11-22(39)17-28(26)43(33(37)46)34(47)51-35(4,5)6/h10-18,27,31H,8-9,19H2,1-7H3,(H,41,44)(H,42,45)/t27-,31+,37-/m1/s1. The molecule has 0 bridgehead atoms. The zero-order valence-corrected chi connectivity index (χ0v) is 32.1. The molecule has 3 atom stereocenters. The first-order chi connectivity index (χ1) is 24.2. The first-order valence-electron chi connectivity index (χ1n) is 16.6. The molecule has 3 aromatic carbocycles. The summed E-state index contributed by atoms with van der Waals surface area (Å²) in [5.74, 6) is -4.00. The molecule has 52 heavy (non-hydrogen) atoms. The third-order valence-electron chi connectivity index (χ3n) is 9.52. The molecule has 1 fully saturated rings. The number of carbonyl (C=O) groups excluding carboxylic acids is 4. The Labute approximate surface area is 312 Å². The number of fused-ring (bicyclic) bond motifs is 2. The summed E-state index contributed by atoms with van der Waals surface area (Å²) in [6.07, 6.45) is -0.445. The lowest BCUT2D eigenvalue weighted by Crippen LogP contribution is -2.59. The molecule has 0 aromatic heterocycles. The van der Waals surface area contributed by atoms with Gasteiger partial charge in [0.1, 0.15) is 22.6 Å². The van der Waals surface area contributed by atoms with Crippen molar-refractivity contribution >= 4 is 62.7 Å². The molecule has 2 N–H and O–H groups in total. The van der Waals surface area contributed by atoms with Gasteiger partial charge in [-0.2, -0.15) is 0 Å². The monoisotopic (exact) mass is 775 g/mol. The van der Waals surface area contributed by atoms with Crippen LogP contribution < -0.4 is 19.7 Å². The summed E-state index contributed by atoms with van der Waals surface area (Å²) in [6.45, 7) is 9.94. The van der Waals surface area contributed by atoms with E-state index in [0.717, 1.165) is 11.2 Å². The van der Waals surface area contributed by atoms with Crippen molar-refractivity contribution in [1.29, 1.82) is 0 Å². The van der Waals surface area contributed by atoms with Gasteiger partial charge in [0.15, 0.2) is 5.60 Å². The van der Waals surface area contributed by atoms with Crippen LogP contribution in [0.1, 0.15) is 88.1 Å². The maximum absolute atomic E-state index is 15.4. The molecule has 15 heteroatoms. The van der Waals surface area contributed by atoms with E-state index in [4.69, 9.17) is 32.7 Å². The summed E-state index contributed by atoms with van der Waals surface area (Å²) in [5.41, 5.74) is -3.22. The molecule has 2 heterocycles. The van der Waals surface area contributed by atoms with E-state index < -0.39 is 68.2 Å². The minimum Gasteiger partial charge on any atom is -0.477 e. The molecule has 4 amide bonds. The predicted octanol–water partition coefficient (Wildman–Crippen LogP) is 7.02. The number of halogens is 3.